The minimum absolute atomic E-state index is 0.0432. The third kappa shape index (κ3) is 4.76. The molecule has 4 aromatic rings. The number of thioether (sulfide) groups is 1. The standard InChI is InChI=1S/C24H26N6OS/c1-18(23-25-22(28-31-23)20-12-6-3-7-13-20)32-24-27-26-21(17-29-14-8-9-15-29)30(24)16-19-10-4-2-5-11-19/h2-7,10-13,18H,8-9,14-17H2,1H3. The highest BCUT2D eigenvalue weighted by molar-refractivity contribution is 7.99. The summed E-state index contributed by atoms with van der Waals surface area (Å²) in [5.41, 5.74) is 2.17. The zero-order chi connectivity index (χ0) is 21.8. The molecule has 0 aliphatic carbocycles. The van der Waals surface area contributed by atoms with Gasteiger partial charge in [0.05, 0.1) is 18.3 Å². The highest BCUT2D eigenvalue weighted by atomic mass is 32.2. The van der Waals surface area contributed by atoms with Crippen LogP contribution in [-0.4, -0.2) is 42.9 Å². The Kier molecular flexibility index (Phi) is 6.31. The topological polar surface area (TPSA) is 72.9 Å². The number of rotatable bonds is 8. The van der Waals surface area contributed by atoms with Crippen LogP contribution in [-0.2, 0) is 13.1 Å². The van der Waals surface area contributed by atoms with Crippen molar-refractivity contribution in [1.82, 2.24) is 29.8 Å². The van der Waals surface area contributed by atoms with E-state index in [-0.39, 0.29) is 5.25 Å². The van der Waals surface area contributed by atoms with Crippen molar-refractivity contribution in [3.63, 3.8) is 0 Å². The molecule has 0 amide bonds. The van der Waals surface area contributed by atoms with E-state index in [1.165, 1.54) is 18.4 Å². The van der Waals surface area contributed by atoms with Gasteiger partial charge in [0.15, 0.2) is 5.16 Å². The van der Waals surface area contributed by atoms with Crippen molar-refractivity contribution < 1.29 is 4.52 Å². The van der Waals surface area contributed by atoms with Crippen molar-refractivity contribution in [3.8, 4) is 11.4 Å². The van der Waals surface area contributed by atoms with Crippen LogP contribution in [0.1, 0.15) is 42.3 Å². The highest BCUT2D eigenvalue weighted by Gasteiger charge is 2.23. The van der Waals surface area contributed by atoms with E-state index >= 15 is 0 Å². The van der Waals surface area contributed by atoms with Crippen LogP contribution in [0.4, 0.5) is 0 Å². The summed E-state index contributed by atoms with van der Waals surface area (Å²) >= 11 is 1.60. The van der Waals surface area contributed by atoms with Gasteiger partial charge in [-0.25, -0.2) is 0 Å². The van der Waals surface area contributed by atoms with Crippen LogP contribution in [0.3, 0.4) is 0 Å². The van der Waals surface area contributed by atoms with Gasteiger partial charge in [-0.3, -0.25) is 4.90 Å². The maximum absolute atomic E-state index is 5.58. The number of likely N-dealkylation sites (tertiary alicyclic amines) is 1. The van der Waals surface area contributed by atoms with Gasteiger partial charge in [-0.2, -0.15) is 4.98 Å². The Balaban J connectivity index is 1.37. The zero-order valence-electron chi connectivity index (χ0n) is 18.1. The average molecular weight is 447 g/mol. The largest absolute Gasteiger partial charge is 0.338 e. The Morgan fingerprint density at radius 3 is 2.41 bits per heavy atom. The van der Waals surface area contributed by atoms with Gasteiger partial charge in [0, 0.05) is 5.56 Å². The van der Waals surface area contributed by atoms with Crippen molar-refractivity contribution >= 4 is 11.8 Å². The van der Waals surface area contributed by atoms with E-state index in [9.17, 15) is 0 Å². The lowest BCUT2D eigenvalue weighted by Crippen LogP contribution is -2.21. The predicted molar refractivity (Wildman–Crippen MR) is 124 cm³/mol. The van der Waals surface area contributed by atoms with Crippen LogP contribution in [0, 0.1) is 0 Å². The molecule has 32 heavy (non-hydrogen) atoms. The summed E-state index contributed by atoms with van der Waals surface area (Å²) in [6.45, 7) is 5.88. The summed E-state index contributed by atoms with van der Waals surface area (Å²) in [4.78, 5) is 7.07. The van der Waals surface area contributed by atoms with Crippen molar-refractivity contribution in [2.24, 2.45) is 0 Å². The van der Waals surface area contributed by atoms with Gasteiger partial charge in [0.2, 0.25) is 11.7 Å². The molecule has 0 spiro atoms. The Hall–Kier alpha value is -2.97. The third-order valence-electron chi connectivity index (χ3n) is 5.64. The van der Waals surface area contributed by atoms with Crippen LogP contribution in [0.25, 0.3) is 11.4 Å². The fraction of sp³-hybridized carbons (Fsp3) is 0.333. The molecule has 1 unspecified atom stereocenters. The van der Waals surface area contributed by atoms with Gasteiger partial charge in [0.25, 0.3) is 0 Å². The normalized spacial score (nSPS) is 15.3. The molecule has 1 atom stereocenters. The molecule has 3 heterocycles. The molecular formula is C24H26N6OS. The predicted octanol–water partition coefficient (Wildman–Crippen LogP) is 4.83. The summed E-state index contributed by atoms with van der Waals surface area (Å²) in [6.07, 6.45) is 2.51. The number of benzene rings is 2. The molecule has 0 N–H and O–H groups in total. The fourth-order valence-corrected chi connectivity index (χ4v) is 4.80. The van der Waals surface area contributed by atoms with Gasteiger partial charge >= 0.3 is 0 Å². The van der Waals surface area contributed by atoms with Gasteiger partial charge in [0.1, 0.15) is 5.82 Å². The smallest absolute Gasteiger partial charge is 0.240 e. The molecular weight excluding hydrogens is 420 g/mol. The molecule has 7 nitrogen and oxygen atoms in total. The summed E-state index contributed by atoms with van der Waals surface area (Å²) in [5, 5.41) is 14.1. The molecule has 0 radical (unpaired) electrons. The number of hydrogen-bond donors (Lipinski definition) is 0. The molecule has 1 saturated heterocycles. The van der Waals surface area contributed by atoms with Crippen LogP contribution >= 0.6 is 11.8 Å². The zero-order valence-corrected chi connectivity index (χ0v) is 18.9. The van der Waals surface area contributed by atoms with Crippen LogP contribution < -0.4 is 0 Å². The summed E-state index contributed by atoms with van der Waals surface area (Å²) < 4.78 is 7.80. The lowest BCUT2D eigenvalue weighted by molar-refractivity contribution is 0.316. The maximum Gasteiger partial charge on any atom is 0.240 e. The maximum atomic E-state index is 5.58. The summed E-state index contributed by atoms with van der Waals surface area (Å²) in [7, 11) is 0. The van der Waals surface area contributed by atoms with E-state index in [0.717, 1.165) is 42.7 Å². The number of nitrogens with zero attached hydrogens (tertiary/aromatic N) is 6. The Morgan fingerprint density at radius 2 is 1.66 bits per heavy atom. The van der Waals surface area contributed by atoms with Gasteiger partial charge in [-0.05, 0) is 38.4 Å². The van der Waals surface area contributed by atoms with Crippen LogP contribution in [0.5, 0.6) is 0 Å². The first-order chi connectivity index (χ1) is 15.8. The molecule has 5 rings (SSSR count). The third-order valence-corrected chi connectivity index (χ3v) is 6.71. The number of aromatic nitrogens is 5. The molecule has 0 bridgehead atoms. The first kappa shape index (κ1) is 20.9. The summed E-state index contributed by atoms with van der Waals surface area (Å²) in [5.74, 6) is 2.19. The van der Waals surface area contributed by atoms with E-state index in [4.69, 9.17) is 4.52 Å². The SMILES string of the molecule is CC(Sc1nnc(CN2CCCC2)n1Cc1ccccc1)c1nc(-c2ccccc2)no1. The second kappa shape index (κ2) is 9.67. The second-order valence-electron chi connectivity index (χ2n) is 8.04. The van der Waals surface area contributed by atoms with E-state index < -0.39 is 0 Å². The quantitative estimate of drug-likeness (QED) is 0.359. The molecule has 2 aromatic heterocycles. The van der Waals surface area contributed by atoms with E-state index in [0.29, 0.717) is 11.7 Å². The van der Waals surface area contributed by atoms with Gasteiger partial charge < -0.3 is 9.09 Å². The van der Waals surface area contributed by atoms with Gasteiger partial charge in [-0.1, -0.05) is 77.6 Å². The molecule has 164 valence electrons. The van der Waals surface area contributed by atoms with Crippen molar-refractivity contribution in [2.45, 2.75) is 43.3 Å². The molecule has 0 saturated carbocycles. The Labute approximate surface area is 191 Å². The Bertz CT molecular complexity index is 1140. The Morgan fingerprint density at radius 1 is 0.938 bits per heavy atom. The van der Waals surface area contributed by atoms with Crippen LogP contribution in [0.2, 0.25) is 0 Å². The average Bonchev–Trinajstić information content (AvgIpc) is 3.59. The van der Waals surface area contributed by atoms with E-state index in [2.05, 4.69) is 61.0 Å². The van der Waals surface area contributed by atoms with Gasteiger partial charge in [-0.15, -0.1) is 10.2 Å². The minimum atomic E-state index is -0.0432. The molecule has 1 aliphatic heterocycles. The second-order valence-corrected chi connectivity index (χ2v) is 9.34. The monoisotopic (exact) mass is 446 g/mol. The first-order valence-electron chi connectivity index (χ1n) is 11.0. The first-order valence-corrected chi connectivity index (χ1v) is 11.9. The van der Waals surface area contributed by atoms with Crippen LogP contribution in [0.15, 0.2) is 70.3 Å². The van der Waals surface area contributed by atoms with Crippen molar-refractivity contribution in [2.75, 3.05) is 13.1 Å². The molecule has 1 aliphatic rings. The highest BCUT2D eigenvalue weighted by Crippen LogP contribution is 2.34. The van der Waals surface area contributed by atoms with Crippen molar-refractivity contribution in [1.29, 1.82) is 0 Å². The fourth-order valence-electron chi connectivity index (χ4n) is 3.90. The summed E-state index contributed by atoms with van der Waals surface area (Å²) in [6, 6.07) is 20.3. The molecule has 8 heteroatoms. The van der Waals surface area contributed by atoms with Crippen molar-refractivity contribution in [3.05, 3.63) is 77.9 Å². The minimum Gasteiger partial charge on any atom is -0.338 e. The van der Waals surface area contributed by atoms with E-state index in [1.54, 1.807) is 11.8 Å². The lowest BCUT2D eigenvalue weighted by Gasteiger charge is -2.16. The van der Waals surface area contributed by atoms with E-state index in [1.807, 2.05) is 36.4 Å². The number of hydrogen-bond acceptors (Lipinski definition) is 7. The molecule has 2 aromatic carbocycles. The molecule has 1 fully saturated rings. The lowest BCUT2D eigenvalue weighted by atomic mass is 10.2.